The van der Waals surface area contributed by atoms with Gasteiger partial charge in [0.15, 0.2) is 4.88 Å². The number of aryl methyl sites for hydroxylation is 1. The minimum Gasteiger partial charge on any atom is -0.477 e. The van der Waals surface area contributed by atoms with Gasteiger partial charge in [-0.25, -0.2) is 13.2 Å². The fourth-order valence-corrected chi connectivity index (χ4v) is 8.54. The molecule has 0 radical (unpaired) electrons. The van der Waals surface area contributed by atoms with Crippen LogP contribution in [0.4, 0.5) is 5.69 Å². The first-order valence-electron chi connectivity index (χ1n) is 14.3. The van der Waals surface area contributed by atoms with Crippen molar-refractivity contribution in [2.24, 2.45) is 5.73 Å². The molecule has 0 saturated carbocycles. The summed E-state index contributed by atoms with van der Waals surface area (Å²) in [5.74, 6) is -2.03. The van der Waals surface area contributed by atoms with E-state index in [2.05, 4.69) is 5.32 Å². The number of carbonyl (C=O) groups is 2. The van der Waals surface area contributed by atoms with Crippen LogP contribution in [0.15, 0.2) is 78.9 Å². The topological polar surface area (TPSA) is 139 Å². The number of carboxylic acid groups (broad SMARTS) is 1. The molecule has 1 amide bonds. The lowest BCUT2D eigenvalue weighted by molar-refractivity contribution is -0.125. The monoisotopic (exact) mass is 633 g/mol. The molecular formula is C33H35N3O6S2. The lowest BCUT2D eigenvalue weighted by Crippen LogP contribution is -2.46. The van der Waals surface area contributed by atoms with Gasteiger partial charge >= 0.3 is 5.97 Å². The number of primary amides is 1. The molecule has 1 aliphatic rings. The molecule has 5 rings (SSSR count). The highest BCUT2D eigenvalue weighted by Gasteiger charge is 2.33. The minimum atomic E-state index is -3.77. The normalized spacial score (nSPS) is 14.6. The summed E-state index contributed by atoms with van der Waals surface area (Å²) in [6.45, 7) is 4.96. The highest BCUT2D eigenvalue weighted by molar-refractivity contribution is 7.92. The first-order valence-corrected chi connectivity index (χ1v) is 16.7. The lowest BCUT2D eigenvalue weighted by Gasteiger charge is -2.35. The van der Waals surface area contributed by atoms with Gasteiger partial charge in [0.1, 0.15) is 5.75 Å². The van der Waals surface area contributed by atoms with Gasteiger partial charge in [-0.2, -0.15) is 0 Å². The summed E-state index contributed by atoms with van der Waals surface area (Å²) in [6.07, 6.45) is 0.121. The molecule has 11 heteroatoms. The zero-order valence-electron chi connectivity index (χ0n) is 24.5. The Morgan fingerprint density at radius 1 is 1.02 bits per heavy atom. The average molecular weight is 634 g/mol. The number of thiophene rings is 1. The van der Waals surface area contributed by atoms with E-state index in [1.807, 2.05) is 43.3 Å². The van der Waals surface area contributed by atoms with Crippen molar-refractivity contribution in [3.05, 3.63) is 106 Å². The van der Waals surface area contributed by atoms with Crippen LogP contribution in [0.2, 0.25) is 0 Å². The van der Waals surface area contributed by atoms with Gasteiger partial charge in [-0.05, 0) is 68.6 Å². The van der Waals surface area contributed by atoms with Crippen LogP contribution in [-0.4, -0.2) is 44.5 Å². The van der Waals surface area contributed by atoms with Crippen LogP contribution < -0.4 is 20.1 Å². The smallest absolute Gasteiger partial charge is 0.349 e. The number of nitrogens with one attached hydrogen (secondary N) is 1. The minimum absolute atomic E-state index is 0.0573. The third kappa shape index (κ3) is 6.64. The summed E-state index contributed by atoms with van der Waals surface area (Å²) in [4.78, 5) is 25.4. The molecule has 0 aliphatic carbocycles. The number of benzene rings is 3. The number of hydrogen-bond acceptors (Lipinski definition) is 7. The maximum Gasteiger partial charge on any atom is 0.349 e. The second-order valence-electron chi connectivity index (χ2n) is 10.8. The zero-order chi connectivity index (χ0) is 31.4. The number of nitrogens with two attached hydrogens (primary N) is 1. The number of carbonyl (C=O) groups excluding carboxylic acids is 1. The fourth-order valence-electron chi connectivity index (χ4n) is 5.61. The third-order valence-electron chi connectivity index (χ3n) is 7.75. The van der Waals surface area contributed by atoms with Gasteiger partial charge in [-0.3, -0.25) is 9.10 Å². The van der Waals surface area contributed by atoms with E-state index in [1.54, 1.807) is 49.4 Å². The molecule has 1 aromatic heterocycles. The van der Waals surface area contributed by atoms with E-state index in [0.717, 1.165) is 16.9 Å². The van der Waals surface area contributed by atoms with E-state index in [0.29, 0.717) is 58.7 Å². The summed E-state index contributed by atoms with van der Waals surface area (Å²) in [6, 6.07) is 23.1. The van der Waals surface area contributed by atoms with Crippen LogP contribution in [0.5, 0.6) is 5.75 Å². The molecule has 1 saturated heterocycles. The first kappa shape index (κ1) is 31.2. The highest BCUT2D eigenvalue weighted by atomic mass is 32.2. The predicted octanol–water partition coefficient (Wildman–Crippen LogP) is 5.42. The summed E-state index contributed by atoms with van der Waals surface area (Å²) < 4.78 is 35.6. The molecule has 1 fully saturated rings. The van der Waals surface area contributed by atoms with Crippen molar-refractivity contribution in [2.45, 2.75) is 44.6 Å². The Bertz CT molecular complexity index is 1770. The number of ether oxygens (including phenoxy) is 1. The number of anilines is 1. The second kappa shape index (κ2) is 13.2. The van der Waals surface area contributed by atoms with Crippen molar-refractivity contribution < 1.29 is 27.9 Å². The molecule has 230 valence electrons. The molecular weight excluding hydrogens is 599 g/mol. The number of sulfonamides is 1. The van der Waals surface area contributed by atoms with Gasteiger partial charge in [0, 0.05) is 22.0 Å². The number of aromatic carboxylic acids is 1. The van der Waals surface area contributed by atoms with Crippen molar-refractivity contribution in [3.8, 4) is 16.2 Å². The number of hydrogen-bond donors (Lipinski definition) is 3. The Morgan fingerprint density at radius 2 is 1.70 bits per heavy atom. The summed E-state index contributed by atoms with van der Waals surface area (Å²) >= 11 is 1.01. The molecule has 3 aromatic carbocycles. The van der Waals surface area contributed by atoms with Crippen LogP contribution in [0.3, 0.4) is 0 Å². The Balaban J connectivity index is 1.56. The van der Waals surface area contributed by atoms with Crippen LogP contribution >= 0.6 is 11.3 Å². The van der Waals surface area contributed by atoms with E-state index in [1.165, 1.54) is 4.31 Å². The van der Waals surface area contributed by atoms with Gasteiger partial charge in [-0.15, -0.1) is 11.3 Å². The Hall–Kier alpha value is -4.19. The molecule has 0 bridgehead atoms. The van der Waals surface area contributed by atoms with Gasteiger partial charge < -0.3 is 20.9 Å². The summed E-state index contributed by atoms with van der Waals surface area (Å²) in [5, 5.41) is 13.4. The van der Waals surface area contributed by atoms with Crippen molar-refractivity contribution in [1.82, 2.24) is 5.32 Å². The number of rotatable bonds is 11. The Kier molecular flexibility index (Phi) is 9.38. The van der Waals surface area contributed by atoms with Crippen LogP contribution in [0.25, 0.3) is 10.4 Å². The SMILES string of the molecule is Cc1ccccc1C(Oc1c(C(=O)O)sc(-c2cccc(N(C3CCNCC3)S(=O)(=O)Cc3ccccc3)c2)c1C)C(N)=O. The quantitative estimate of drug-likeness (QED) is 0.200. The lowest BCUT2D eigenvalue weighted by atomic mass is 10.0. The van der Waals surface area contributed by atoms with Gasteiger partial charge in [0.05, 0.1) is 11.4 Å². The van der Waals surface area contributed by atoms with Crippen molar-refractivity contribution in [3.63, 3.8) is 0 Å². The van der Waals surface area contributed by atoms with Crippen molar-refractivity contribution >= 4 is 38.9 Å². The second-order valence-corrected chi connectivity index (χ2v) is 13.7. The number of piperidine rings is 1. The summed E-state index contributed by atoms with van der Waals surface area (Å²) in [7, 11) is -3.77. The summed E-state index contributed by atoms with van der Waals surface area (Å²) in [5.41, 5.74) is 9.42. The molecule has 4 aromatic rings. The Morgan fingerprint density at radius 3 is 2.36 bits per heavy atom. The molecule has 0 spiro atoms. The van der Waals surface area contributed by atoms with Crippen LogP contribution in [0.1, 0.15) is 50.9 Å². The molecule has 2 heterocycles. The van der Waals surface area contributed by atoms with Crippen molar-refractivity contribution in [2.75, 3.05) is 17.4 Å². The number of carboxylic acids is 1. The van der Waals surface area contributed by atoms with E-state index in [9.17, 15) is 23.1 Å². The molecule has 44 heavy (non-hydrogen) atoms. The molecule has 1 unspecified atom stereocenters. The Labute approximate surface area is 261 Å². The zero-order valence-corrected chi connectivity index (χ0v) is 26.2. The third-order valence-corrected chi connectivity index (χ3v) is 10.9. The number of amides is 1. The van der Waals surface area contributed by atoms with E-state index in [4.69, 9.17) is 10.5 Å². The fraction of sp³-hybridized carbons (Fsp3) is 0.273. The molecule has 4 N–H and O–H groups in total. The van der Waals surface area contributed by atoms with Crippen LogP contribution in [-0.2, 0) is 20.6 Å². The predicted molar refractivity (Wildman–Crippen MR) is 173 cm³/mol. The number of nitrogens with zero attached hydrogens (tertiary/aromatic N) is 1. The average Bonchev–Trinajstić information content (AvgIpc) is 3.33. The van der Waals surface area contributed by atoms with Gasteiger partial charge in [0.2, 0.25) is 16.1 Å². The standard InChI is InChI=1S/C33H35N3O6S2/c1-21-9-6-7-14-27(21)29(32(34)37)42-28-22(2)30(43-31(28)33(38)39)24-12-8-13-26(19-24)36(25-15-17-35-18-16-25)44(40,41)20-23-10-4-3-5-11-23/h3-14,19,25,29,35H,15-18,20H2,1-2H3,(H2,34,37)(H,38,39). The van der Waals surface area contributed by atoms with E-state index < -0.39 is 28.0 Å². The van der Waals surface area contributed by atoms with Crippen LogP contribution in [0, 0.1) is 13.8 Å². The first-order chi connectivity index (χ1) is 21.1. The molecule has 1 aliphatic heterocycles. The maximum absolute atomic E-state index is 14.0. The van der Waals surface area contributed by atoms with Gasteiger partial charge in [0.25, 0.3) is 5.91 Å². The molecule has 1 atom stereocenters. The maximum atomic E-state index is 14.0. The highest BCUT2D eigenvalue weighted by Crippen LogP contribution is 2.44. The van der Waals surface area contributed by atoms with E-state index in [-0.39, 0.29) is 22.4 Å². The van der Waals surface area contributed by atoms with Gasteiger partial charge in [-0.1, -0.05) is 66.7 Å². The largest absolute Gasteiger partial charge is 0.477 e. The molecule has 9 nitrogen and oxygen atoms in total. The van der Waals surface area contributed by atoms with Crippen molar-refractivity contribution in [1.29, 1.82) is 0 Å². The van der Waals surface area contributed by atoms with E-state index >= 15 is 0 Å².